The Labute approximate surface area is 142 Å². The fourth-order valence-electron chi connectivity index (χ4n) is 4.17. The van der Waals surface area contributed by atoms with E-state index in [2.05, 4.69) is 47.0 Å². The largest absolute Gasteiger partial charge is 0.445 e. The van der Waals surface area contributed by atoms with Crippen LogP contribution < -0.4 is 0 Å². The molecule has 0 saturated carbocycles. The first kappa shape index (κ1) is 15.5. The zero-order valence-electron chi connectivity index (χ0n) is 14.5. The fraction of sp³-hybridized carbons (Fsp3) is 0.450. The number of aromatic nitrogens is 2. The van der Waals surface area contributed by atoms with Crippen LogP contribution in [0.25, 0.3) is 22.4 Å². The number of rotatable bonds is 6. The first-order valence-corrected chi connectivity index (χ1v) is 9.07. The molecule has 1 N–H and O–H groups in total. The molecular formula is C20H25N3O. The van der Waals surface area contributed by atoms with Crippen LogP contribution in [0.5, 0.6) is 0 Å². The second-order valence-electron chi connectivity index (χ2n) is 6.76. The van der Waals surface area contributed by atoms with Gasteiger partial charge in [-0.3, -0.25) is 4.90 Å². The van der Waals surface area contributed by atoms with Crippen LogP contribution in [-0.2, 0) is 12.8 Å². The van der Waals surface area contributed by atoms with E-state index in [0.717, 1.165) is 24.3 Å². The second-order valence-corrected chi connectivity index (χ2v) is 6.76. The molecule has 4 nitrogen and oxygen atoms in total. The number of oxazole rings is 1. The molecule has 0 fully saturated rings. The van der Waals surface area contributed by atoms with Gasteiger partial charge in [-0.1, -0.05) is 13.8 Å². The Morgan fingerprint density at radius 1 is 1.21 bits per heavy atom. The lowest BCUT2D eigenvalue weighted by molar-refractivity contribution is 0.192. The van der Waals surface area contributed by atoms with Gasteiger partial charge in [0.2, 0.25) is 5.89 Å². The van der Waals surface area contributed by atoms with Gasteiger partial charge in [0.15, 0.2) is 0 Å². The van der Waals surface area contributed by atoms with Crippen LogP contribution in [0.15, 0.2) is 35.2 Å². The molecule has 24 heavy (non-hydrogen) atoms. The van der Waals surface area contributed by atoms with E-state index in [1.54, 1.807) is 12.5 Å². The Morgan fingerprint density at radius 2 is 2.04 bits per heavy atom. The molecule has 0 aliphatic heterocycles. The van der Waals surface area contributed by atoms with Gasteiger partial charge in [0.05, 0.1) is 6.20 Å². The van der Waals surface area contributed by atoms with Gasteiger partial charge in [0, 0.05) is 28.7 Å². The maximum absolute atomic E-state index is 5.61. The van der Waals surface area contributed by atoms with E-state index in [9.17, 15) is 0 Å². The molecule has 4 heteroatoms. The van der Waals surface area contributed by atoms with Gasteiger partial charge in [-0.25, -0.2) is 4.98 Å². The third-order valence-corrected chi connectivity index (χ3v) is 5.13. The van der Waals surface area contributed by atoms with Crippen molar-refractivity contribution in [3.63, 3.8) is 0 Å². The predicted molar refractivity (Wildman–Crippen MR) is 97.1 cm³/mol. The van der Waals surface area contributed by atoms with Crippen LogP contribution in [0.2, 0.25) is 0 Å². The van der Waals surface area contributed by atoms with Crippen LogP contribution in [0.4, 0.5) is 0 Å². The Balaban J connectivity index is 1.78. The van der Waals surface area contributed by atoms with Crippen molar-refractivity contribution in [2.45, 2.75) is 45.6 Å². The molecule has 1 aromatic carbocycles. The van der Waals surface area contributed by atoms with Gasteiger partial charge in [0.25, 0.3) is 0 Å². The lowest BCUT2D eigenvalue weighted by Gasteiger charge is -2.34. The zero-order chi connectivity index (χ0) is 16.5. The summed E-state index contributed by atoms with van der Waals surface area (Å²) in [5.41, 5.74) is 5.19. The minimum Gasteiger partial charge on any atom is -0.445 e. The third kappa shape index (κ3) is 2.55. The van der Waals surface area contributed by atoms with E-state index in [-0.39, 0.29) is 0 Å². The van der Waals surface area contributed by atoms with Crippen molar-refractivity contribution in [2.24, 2.45) is 0 Å². The highest BCUT2D eigenvalue weighted by atomic mass is 16.3. The number of H-pyrrole nitrogens is 1. The molecule has 126 valence electrons. The molecule has 2 aromatic heterocycles. The Bertz CT molecular complexity index is 813. The molecule has 0 spiro atoms. The van der Waals surface area contributed by atoms with Crippen LogP contribution in [0.1, 0.15) is 37.8 Å². The van der Waals surface area contributed by atoms with Crippen LogP contribution in [-0.4, -0.2) is 34.0 Å². The monoisotopic (exact) mass is 323 g/mol. The first-order valence-electron chi connectivity index (χ1n) is 9.07. The Morgan fingerprint density at radius 3 is 2.75 bits per heavy atom. The van der Waals surface area contributed by atoms with Crippen molar-refractivity contribution in [1.29, 1.82) is 0 Å². The van der Waals surface area contributed by atoms with Crippen molar-refractivity contribution >= 4 is 10.9 Å². The van der Waals surface area contributed by atoms with Gasteiger partial charge in [-0.15, -0.1) is 0 Å². The van der Waals surface area contributed by atoms with E-state index in [1.807, 2.05) is 0 Å². The normalized spacial score (nSPS) is 17.0. The summed E-state index contributed by atoms with van der Waals surface area (Å²) in [6.45, 7) is 6.88. The molecule has 0 amide bonds. The lowest BCUT2D eigenvalue weighted by atomic mass is 9.85. The van der Waals surface area contributed by atoms with Gasteiger partial charge < -0.3 is 9.40 Å². The molecule has 1 aliphatic carbocycles. The zero-order valence-corrected chi connectivity index (χ0v) is 14.5. The summed E-state index contributed by atoms with van der Waals surface area (Å²) in [6.07, 6.45) is 10.2. The average molecular weight is 323 g/mol. The summed E-state index contributed by atoms with van der Waals surface area (Å²) in [5, 5.41) is 1.38. The molecule has 2 heterocycles. The van der Waals surface area contributed by atoms with E-state index < -0.39 is 0 Å². The molecule has 3 aromatic rings. The fourth-order valence-corrected chi connectivity index (χ4v) is 4.17. The summed E-state index contributed by atoms with van der Waals surface area (Å²) in [6, 6.07) is 4.86. The number of nitrogens with one attached hydrogen (secondary N) is 1. The van der Waals surface area contributed by atoms with Gasteiger partial charge in [-0.05, 0) is 62.0 Å². The predicted octanol–water partition coefficient (Wildman–Crippen LogP) is 4.41. The lowest BCUT2D eigenvalue weighted by Crippen LogP contribution is -2.41. The highest BCUT2D eigenvalue weighted by Crippen LogP contribution is 2.37. The smallest absolute Gasteiger partial charge is 0.226 e. The second kappa shape index (κ2) is 6.44. The minimum atomic E-state index is 0.563. The average Bonchev–Trinajstić information content (AvgIpc) is 3.26. The Kier molecular flexibility index (Phi) is 4.15. The molecular weight excluding hydrogens is 298 g/mol. The van der Waals surface area contributed by atoms with Crippen LogP contribution >= 0.6 is 0 Å². The van der Waals surface area contributed by atoms with E-state index >= 15 is 0 Å². The summed E-state index contributed by atoms with van der Waals surface area (Å²) in [7, 11) is 0. The summed E-state index contributed by atoms with van der Waals surface area (Å²) in [4.78, 5) is 10.5. The van der Waals surface area contributed by atoms with Crippen molar-refractivity contribution in [2.75, 3.05) is 13.1 Å². The maximum Gasteiger partial charge on any atom is 0.226 e. The number of benzene rings is 1. The number of hydrogen-bond donors (Lipinski definition) is 1. The maximum atomic E-state index is 5.61. The van der Waals surface area contributed by atoms with Crippen molar-refractivity contribution in [1.82, 2.24) is 14.9 Å². The standard InChI is InChI=1S/C20H25N3O/c1-3-8-23(9-4-2)15-11-14-13-22-18-6-5-16(17(12-15)19(14)18)20-21-7-10-24-20/h5-7,10,13,15,22H,3-4,8-9,11-12H2,1-2H3. The van der Waals surface area contributed by atoms with Crippen LogP contribution in [0, 0.1) is 0 Å². The molecule has 1 aliphatic rings. The molecule has 0 radical (unpaired) electrons. The van der Waals surface area contributed by atoms with Crippen molar-refractivity contribution < 1.29 is 4.42 Å². The van der Waals surface area contributed by atoms with Gasteiger partial charge in [0.1, 0.15) is 6.26 Å². The summed E-state index contributed by atoms with van der Waals surface area (Å²) < 4.78 is 5.61. The molecule has 4 rings (SSSR count). The minimum absolute atomic E-state index is 0.563. The molecule has 1 unspecified atom stereocenters. The van der Waals surface area contributed by atoms with Crippen molar-refractivity contribution in [3.8, 4) is 11.5 Å². The molecule has 1 atom stereocenters. The highest BCUT2D eigenvalue weighted by Gasteiger charge is 2.28. The number of aromatic amines is 1. The number of nitrogens with zero attached hydrogens (tertiary/aromatic N) is 2. The molecule has 0 saturated heterocycles. The topological polar surface area (TPSA) is 45.1 Å². The third-order valence-electron chi connectivity index (χ3n) is 5.13. The van der Waals surface area contributed by atoms with Crippen molar-refractivity contribution in [3.05, 3.63) is 41.9 Å². The SMILES string of the molecule is CCCN(CCC)C1Cc2c[nH]c3ccc(-c4ncco4)c(c23)C1. The highest BCUT2D eigenvalue weighted by molar-refractivity contribution is 5.92. The first-order chi connectivity index (χ1) is 11.8. The molecule has 0 bridgehead atoms. The van der Waals surface area contributed by atoms with Gasteiger partial charge in [-0.2, -0.15) is 0 Å². The number of hydrogen-bond acceptors (Lipinski definition) is 3. The Hall–Kier alpha value is -2.07. The quantitative estimate of drug-likeness (QED) is 0.730. The van der Waals surface area contributed by atoms with Crippen LogP contribution in [0.3, 0.4) is 0 Å². The van der Waals surface area contributed by atoms with Gasteiger partial charge >= 0.3 is 0 Å². The summed E-state index contributed by atoms with van der Waals surface area (Å²) in [5.74, 6) is 0.734. The van der Waals surface area contributed by atoms with E-state index in [4.69, 9.17) is 4.42 Å². The van der Waals surface area contributed by atoms with E-state index in [1.165, 1.54) is 48.0 Å². The summed E-state index contributed by atoms with van der Waals surface area (Å²) >= 11 is 0. The van der Waals surface area contributed by atoms with E-state index in [0.29, 0.717) is 6.04 Å².